The molecule has 0 aliphatic carbocycles. The van der Waals surface area contributed by atoms with Crippen LogP contribution in [0.3, 0.4) is 0 Å². The molecule has 0 atom stereocenters. The average molecular weight is 191 g/mol. The molecule has 0 aliphatic rings. The van der Waals surface area contributed by atoms with Crippen molar-refractivity contribution in [3.05, 3.63) is 12.7 Å². The van der Waals surface area contributed by atoms with Crippen LogP contribution in [0.15, 0.2) is 12.7 Å². The van der Waals surface area contributed by atoms with E-state index in [0.29, 0.717) is 0 Å². The highest BCUT2D eigenvalue weighted by Crippen LogP contribution is 1.75. The van der Waals surface area contributed by atoms with E-state index in [4.69, 9.17) is 15.3 Å². The summed E-state index contributed by atoms with van der Waals surface area (Å²) in [6.07, 6.45) is 0.324. The maximum absolute atomic E-state index is 10.3. The molecule has 1 amide bonds. The number of aliphatic hydroxyl groups is 3. The van der Waals surface area contributed by atoms with Gasteiger partial charge in [0.1, 0.15) is 6.10 Å². The van der Waals surface area contributed by atoms with Crippen molar-refractivity contribution in [3.63, 3.8) is 0 Å². The number of nitrogens with zero attached hydrogens (tertiary/aromatic N) is 1. The molecule has 0 unspecified atom stereocenters. The number of amides is 1. The highest BCUT2D eigenvalue weighted by Gasteiger charge is 1.93. The predicted molar refractivity (Wildman–Crippen MR) is 49.1 cm³/mol. The summed E-state index contributed by atoms with van der Waals surface area (Å²) in [5.74, 6) is -0.0556. The van der Waals surface area contributed by atoms with E-state index in [0.717, 1.165) is 0 Å². The van der Waals surface area contributed by atoms with Crippen molar-refractivity contribution in [2.75, 3.05) is 27.3 Å². The Kier molecular flexibility index (Phi) is 10.3. The normalized spacial score (nSPS) is 8.77. The Morgan fingerprint density at radius 2 is 1.85 bits per heavy atom. The monoisotopic (exact) mass is 191 g/mol. The number of rotatable bonds is 3. The minimum atomic E-state index is -0.954. The van der Waals surface area contributed by atoms with E-state index in [9.17, 15) is 4.79 Å². The van der Waals surface area contributed by atoms with E-state index in [2.05, 4.69) is 6.58 Å². The minimum Gasteiger partial charge on any atom is -0.394 e. The fourth-order valence-electron chi connectivity index (χ4n) is 0.240. The van der Waals surface area contributed by atoms with Gasteiger partial charge in [0, 0.05) is 14.1 Å². The summed E-state index contributed by atoms with van der Waals surface area (Å²) in [5.41, 5.74) is 0. The third-order valence-corrected chi connectivity index (χ3v) is 1.04. The van der Waals surface area contributed by atoms with Gasteiger partial charge in [0.05, 0.1) is 13.2 Å². The largest absolute Gasteiger partial charge is 0.394 e. The van der Waals surface area contributed by atoms with Crippen molar-refractivity contribution < 1.29 is 20.1 Å². The molecule has 78 valence electrons. The van der Waals surface area contributed by atoms with Gasteiger partial charge >= 0.3 is 0 Å². The summed E-state index contributed by atoms with van der Waals surface area (Å²) >= 11 is 0. The van der Waals surface area contributed by atoms with Crippen LogP contribution in [0.2, 0.25) is 0 Å². The topological polar surface area (TPSA) is 81.0 Å². The smallest absolute Gasteiger partial charge is 0.245 e. The second-order valence-corrected chi connectivity index (χ2v) is 2.46. The van der Waals surface area contributed by atoms with Gasteiger partial charge in [-0.15, -0.1) is 0 Å². The molecule has 0 heterocycles. The fourth-order valence-corrected chi connectivity index (χ4v) is 0.240. The molecule has 0 aromatic rings. The van der Waals surface area contributed by atoms with Crippen LogP contribution in [0, 0.1) is 0 Å². The van der Waals surface area contributed by atoms with Crippen molar-refractivity contribution in [1.82, 2.24) is 4.90 Å². The Balaban J connectivity index is 0. The predicted octanol–water partition coefficient (Wildman–Crippen LogP) is -1.41. The molecule has 0 fully saturated rings. The molecule has 0 rings (SSSR count). The van der Waals surface area contributed by atoms with Crippen LogP contribution in [0.5, 0.6) is 0 Å². The second-order valence-electron chi connectivity index (χ2n) is 2.46. The molecule has 0 saturated carbocycles. The highest BCUT2D eigenvalue weighted by atomic mass is 16.3. The van der Waals surface area contributed by atoms with Crippen LogP contribution in [0.1, 0.15) is 0 Å². The zero-order chi connectivity index (χ0) is 10.9. The fraction of sp³-hybridized carbons (Fsp3) is 0.625. The molecule has 5 heteroatoms. The van der Waals surface area contributed by atoms with Crippen LogP contribution >= 0.6 is 0 Å². The Morgan fingerprint density at radius 3 is 1.85 bits per heavy atom. The molecule has 3 N–H and O–H groups in total. The van der Waals surface area contributed by atoms with Crippen LogP contribution in [-0.4, -0.2) is 59.5 Å². The number of aliphatic hydroxyl groups excluding tert-OH is 3. The SMILES string of the molecule is C=CC(=O)N(C)C.OCC(O)CO. The highest BCUT2D eigenvalue weighted by molar-refractivity contribution is 5.86. The summed E-state index contributed by atoms with van der Waals surface area (Å²) in [7, 11) is 3.37. The van der Waals surface area contributed by atoms with Crippen molar-refractivity contribution in [1.29, 1.82) is 0 Å². The van der Waals surface area contributed by atoms with Gasteiger partial charge in [-0.05, 0) is 6.08 Å². The summed E-state index contributed by atoms with van der Waals surface area (Å²) in [4.78, 5) is 11.8. The van der Waals surface area contributed by atoms with Gasteiger partial charge in [0.15, 0.2) is 0 Å². The lowest BCUT2D eigenvalue weighted by molar-refractivity contribution is -0.123. The van der Waals surface area contributed by atoms with Gasteiger partial charge in [-0.1, -0.05) is 6.58 Å². The van der Waals surface area contributed by atoms with Gasteiger partial charge in [0.25, 0.3) is 0 Å². The van der Waals surface area contributed by atoms with E-state index in [1.165, 1.54) is 11.0 Å². The lowest BCUT2D eigenvalue weighted by Crippen LogP contribution is -2.18. The van der Waals surface area contributed by atoms with E-state index in [-0.39, 0.29) is 19.1 Å². The van der Waals surface area contributed by atoms with Gasteiger partial charge in [-0.2, -0.15) is 0 Å². The molecule has 0 aromatic carbocycles. The van der Waals surface area contributed by atoms with Crippen molar-refractivity contribution >= 4 is 5.91 Å². The van der Waals surface area contributed by atoms with E-state index in [1.807, 2.05) is 0 Å². The van der Waals surface area contributed by atoms with Gasteiger partial charge in [0.2, 0.25) is 5.91 Å². The van der Waals surface area contributed by atoms with Crippen LogP contribution in [-0.2, 0) is 4.79 Å². The summed E-state index contributed by atoms with van der Waals surface area (Å²) < 4.78 is 0. The van der Waals surface area contributed by atoms with Crippen molar-refractivity contribution in [2.45, 2.75) is 6.10 Å². The number of likely N-dealkylation sites (N-methyl/N-ethyl adjacent to an activating group) is 1. The van der Waals surface area contributed by atoms with Crippen molar-refractivity contribution in [2.24, 2.45) is 0 Å². The van der Waals surface area contributed by atoms with E-state index < -0.39 is 6.10 Å². The van der Waals surface area contributed by atoms with Gasteiger partial charge < -0.3 is 20.2 Å². The Morgan fingerprint density at radius 1 is 1.46 bits per heavy atom. The standard InChI is InChI=1S/C5H9NO.C3H8O3/c1-4-5(7)6(2)3;4-1-3(6)2-5/h4H,1H2,2-3H3;3-6H,1-2H2. The first-order valence-corrected chi connectivity index (χ1v) is 3.73. The molecule has 0 aliphatic heterocycles. The molecule has 5 nitrogen and oxygen atoms in total. The molecular weight excluding hydrogens is 174 g/mol. The van der Waals surface area contributed by atoms with Gasteiger partial charge in [-0.3, -0.25) is 4.79 Å². The van der Waals surface area contributed by atoms with E-state index in [1.54, 1.807) is 14.1 Å². The summed E-state index contributed by atoms with van der Waals surface area (Å²) in [6, 6.07) is 0. The number of carbonyl (C=O) groups is 1. The third-order valence-electron chi connectivity index (χ3n) is 1.04. The molecular formula is C8H17NO4. The quantitative estimate of drug-likeness (QED) is 0.479. The maximum atomic E-state index is 10.3. The third kappa shape index (κ3) is 11.1. The molecule has 0 radical (unpaired) electrons. The minimum absolute atomic E-state index is 0.0556. The Labute approximate surface area is 77.9 Å². The number of carbonyl (C=O) groups excluding carboxylic acids is 1. The van der Waals surface area contributed by atoms with Crippen molar-refractivity contribution in [3.8, 4) is 0 Å². The first-order chi connectivity index (χ1) is 5.99. The van der Waals surface area contributed by atoms with Crippen LogP contribution in [0.4, 0.5) is 0 Å². The lowest BCUT2D eigenvalue weighted by atomic mass is 10.4. The second kappa shape index (κ2) is 9.18. The summed E-state index contributed by atoms with van der Waals surface area (Å²) in [6.45, 7) is 2.56. The summed E-state index contributed by atoms with van der Waals surface area (Å²) in [5, 5.41) is 24.0. The van der Waals surface area contributed by atoms with Gasteiger partial charge in [-0.25, -0.2) is 0 Å². The lowest BCUT2D eigenvalue weighted by Gasteiger charge is -2.03. The van der Waals surface area contributed by atoms with Crippen LogP contribution in [0.25, 0.3) is 0 Å². The molecule has 0 spiro atoms. The molecule has 0 aromatic heterocycles. The maximum Gasteiger partial charge on any atom is 0.245 e. The first kappa shape index (κ1) is 14.6. The molecule has 13 heavy (non-hydrogen) atoms. The molecule has 0 bridgehead atoms. The van der Waals surface area contributed by atoms with Crippen LogP contribution < -0.4 is 0 Å². The Hall–Kier alpha value is -0.910. The number of hydrogen-bond acceptors (Lipinski definition) is 4. The molecule has 0 saturated heterocycles. The zero-order valence-electron chi connectivity index (χ0n) is 7.97. The van der Waals surface area contributed by atoms with E-state index >= 15 is 0 Å². The average Bonchev–Trinajstić information content (AvgIpc) is 2.16. The first-order valence-electron chi connectivity index (χ1n) is 3.73. The Bertz CT molecular complexity index is 143. The zero-order valence-corrected chi connectivity index (χ0v) is 7.97. The number of hydrogen-bond donors (Lipinski definition) is 3.